The molecule has 35 heavy (non-hydrogen) atoms. The third kappa shape index (κ3) is 6.14. The van der Waals surface area contributed by atoms with Crippen LogP contribution < -0.4 is 10.6 Å². The fourth-order valence-corrected chi connectivity index (χ4v) is 4.98. The molecule has 0 aliphatic heterocycles. The van der Waals surface area contributed by atoms with E-state index in [2.05, 4.69) is 25.8 Å². The van der Waals surface area contributed by atoms with Gasteiger partial charge >= 0.3 is 0 Å². The van der Waals surface area contributed by atoms with Crippen LogP contribution in [0.4, 0.5) is 5.13 Å². The molecule has 2 amide bonds. The van der Waals surface area contributed by atoms with Crippen molar-refractivity contribution in [3.8, 4) is 11.3 Å². The number of benzene rings is 2. The number of aromatic nitrogens is 4. The molecule has 4 aromatic rings. The fraction of sp³-hybridized carbons (Fsp3) is 0.240. The molecule has 0 saturated carbocycles. The monoisotopic (exact) mass is 506 g/mol. The molecule has 2 aromatic heterocycles. The Labute approximate surface area is 212 Å². The molecule has 10 heteroatoms. The van der Waals surface area contributed by atoms with Gasteiger partial charge in [0.1, 0.15) is 0 Å². The van der Waals surface area contributed by atoms with E-state index in [9.17, 15) is 9.59 Å². The van der Waals surface area contributed by atoms with Gasteiger partial charge in [0, 0.05) is 23.1 Å². The Hall–Kier alpha value is -3.50. The van der Waals surface area contributed by atoms with Crippen molar-refractivity contribution >= 4 is 40.0 Å². The topological polar surface area (TPSA) is 102 Å². The minimum atomic E-state index is -0.339. The number of nitrogens with one attached hydrogen (secondary N) is 2. The van der Waals surface area contributed by atoms with Crippen LogP contribution in [0.3, 0.4) is 0 Å². The summed E-state index contributed by atoms with van der Waals surface area (Å²) in [6.45, 7) is 6.50. The summed E-state index contributed by atoms with van der Waals surface area (Å²) in [6.07, 6.45) is 0. The van der Waals surface area contributed by atoms with Gasteiger partial charge in [0.05, 0.1) is 17.5 Å². The lowest BCUT2D eigenvalue weighted by Crippen LogP contribution is -2.28. The fourth-order valence-electron chi connectivity index (χ4n) is 3.43. The molecule has 2 aromatic carbocycles. The molecule has 2 heterocycles. The van der Waals surface area contributed by atoms with Gasteiger partial charge in [0.25, 0.3) is 5.91 Å². The zero-order valence-electron chi connectivity index (χ0n) is 19.7. The molecule has 0 fully saturated rings. The van der Waals surface area contributed by atoms with Gasteiger partial charge in [-0.2, -0.15) is 0 Å². The number of anilines is 1. The van der Waals surface area contributed by atoms with Crippen molar-refractivity contribution in [3.63, 3.8) is 0 Å². The van der Waals surface area contributed by atoms with Crippen LogP contribution in [0.25, 0.3) is 11.3 Å². The predicted molar refractivity (Wildman–Crippen MR) is 140 cm³/mol. The molecule has 1 atom stereocenters. The quantitative estimate of drug-likeness (QED) is 0.312. The molecular weight excluding hydrogens is 480 g/mol. The Morgan fingerprint density at radius 3 is 2.54 bits per heavy atom. The molecule has 0 aliphatic rings. The third-order valence-corrected chi connectivity index (χ3v) is 6.99. The van der Waals surface area contributed by atoms with E-state index < -0.39 is 0 Å². The molecule has 8 nitrogen and oxygen atoms in total. The number of aryl methyl sites for hydroxylation is 1. The predicted octanol–water partition coefficient (Wildman–Crippen LogP) is 4.95. The Kier molecular flexibility index (Phi) is 7.94. The maximum absolute atomic E-state index is 12.5. The molecule has 0 bridgehead atoms. The molecule has 0 radical (unpaired) electrons. The normalized spacial score (nSPS) is 11.7. The Morgan fingerprint density at radius 1 is 1.09 bits per heavy atom. The molecule has 180 valence electrons. The first-order valence-corrected chi connectivity index (χ1v) is 13.1. The number of nitrogens with zero attached hydrogens (tertiary/aromatic N) is 4. The molecule has 4 rings (SSSR count). The number of rotatable bonds is 9. The van der Waals surface area contributed by atoms with Crippen molar-refractivity contribution < 1.29 is 9.59 Å². The molecule has 0 saturated heterocycles. The number of hydrogen-bond acceptors (Lipinski definition) is 7. The Balaban J connectivity index is 1.34. The molecule has 2 N–H and O–H groups in total. The van der Waals surface area contributed by atoms with Crippen molar-refractivity contribution in [1.29, 1.82) is 0 Å². The van der Waals surface area contributed by atoms with Crippen LogP contribution in [0.1, 0.15) is 41.6 Å². The summed E-state index contributed by atoms with van der Waals surface area (Å²) in [5.74, 6) is 0.466. The average Bonchev–Trinajstić information content (AvgIpc) is 3.50. The van der Waals surface area contributed by atoms with Crippen LogP contribution in [0, 0.1) is 6.92 Å². The van der Waals surface area contributed by atoms with E-state index in [-0.39, 0.29) is 23.6 Å². The largest absolute Gasteiger partial charge is 0.342 e. The highest BCUT2D eigenvalue weighted by Crippen LogP contribution is 2.26. The molecule has 0 spiro atoms. The summed E-state index contributed by atoms with van der Waals surface area (Å²) in [7, 11) is 0. The summed E-state index contributed by atoms with van der Waals surface area (Å²) in [6, 6.07) is 16.8. The van der Waals surface area contributed by atoms with Crippen LogP contribution in [-0.2, 0) is 11.3 Å². The van der Waals surface area contributed by atoms with Gasteiger partial charge in [0.2, 0.25) is 5.91 Å². The first-order valence-electron chi connectivity index (χ1n) is 11.2. The number of hydrogen-bond donors (Lipinski definition) is 2. The average molecular weight is 507 g/mol. The highest BCUT2D eigenvalue weighted by molar-refractivity contribution is 7.99. The van der Waals surface area contributed by atoms with E-state index in [1.165, 1.54) is 28.7 Å². The summed E-state index contributed by atoms with van der Waals surface area (Å²) in [4.78, 5) is 29.6. The highest BCUT2D eigenvalue weighted by Gasteiger charge is 2.20. The second kappa shape index (κ2) is 11.3. The van der Waals surface area contributed by atoms with Gasteiger partial charge in [-0.05, 0) is 32.9 Å². The Morgan fingerprint density at radius 2 is 1.83 bits per heavy atom. The summed E-state index contributed by atoms with van der Waals surface area (Å²) >= 11 is 2.69. The maximum atomic E-state index is 12.5. The van der Waals surface area contributed by atoms with Gasteiger partial charge < -0.3 is 15.2 Å². The smallest absolute Gasteiger partial charge is 0.251 e. The van der Waals surface area contributed by atoms with E-state index in [4.69, 9.17) is 0 Å². The SMILES string of the molecule is CCn1c(SCC(=O)Nc2nc(-c3ccc(C)cc3)cs2)nnc1[C@@H](C)NC(=O)c1ccccc1. The van der Waals surface area contributed by atoms with Crippen LogP contribution in [0.15, 0.2) is 65.1 Å². The highest BCUT2D eigenvalue weighted by atomic mass is 32.2. The lowest BCUT2D eigenvalue weighted by molar-refractivity contribution is -0.113. The molecule has 0 aliphatic carbocycles. The number of thiazole rings is 1. The third-order valence-electron chi connectivity index (χ3n) is 5.26. The summed E-state index contributed by atoms with van der Waals surface area (Å²) < 4.78 is 1.91. The lowest BCUT2D eigenvalue weighted by atomic mass is 10.1. The number of carbonyl (C=O) groups is 2. The summed E-state index contributed by atoms with van der Waals surface area (Å²) in [5.41, 5.74) is 3.62. The van der Waals surface area contributed by atoms with Crippen LogP contribution in [-0.4, -0.2) is 37.3 Å². The minimum absolute atomic E-state index is 0.169. The number of thioether (sulfide) groups is 1. The van der Waals surface area contributed by atoms with Gasteiger partial charge in [0.15, 0.2) is 16.1 Å². The summed E-state index contributed by atoms with van der Waals surface area (Å²) in [5, 5.41) is 17.4. The first-order chi connectivity index (χ1) is 16.9. The van der Waals surface area contributed by atoms with Crippen molar-refractivity contribution in [2.24, 2.45) is 0 Å². The van der Waals surface area contributed by atoms with Crippen LogP contribution >= 0.6 is 23.1 Å². The van der Waals surface area contributed by atoms with E-state index in [0.717, 1.165) is 11.3 Å². The van der Waals surface area contributed by atoms with Crippen molar-refractivity contribution in [1.82, 2.24) is 25.1 Å². The standard InChI is InChI=1S/C25H26N6O2S2/c1-4-31-22(17(3)26-23(33)19-8-6-5-7-9-19)29-30-25(31)35-15-21(32)28-24-27-20(14-34-24)18-12-10-16(2)11-13-18/h5-14,17H,4,15H2,1-3H3,(H,26,33)(H,27,28,32)/t17-/m1/s1. The second-order valence-corrected chi connectivity index (χ2v) is 9.69. The zero-order chi connectivity index (χ0) is 24.8. The van der Waals surface area contributed by atoms with Gasteiger partial charge in [-0.1, -0.05) is 59.8 Å². The van der Waals surface area contributed by atoms with Gasteiger partial charge in [-0.15, -0.1) is 21.5 Å². The van der Waals surface area contributed by atoms with Crippen molar-refractivity contribution in [2.75, 3.05) is 11.1 Å². The van der Waals surface area contributed by atoms with Crippen LogP contribution in [0.5, 0.6) is 0 Å². The van der Waals surface area contributed by atoms with Crippen molar-refractivity contribution in [2.45, 2.75) is 38.5 Å². The number of amides is 2. The first kappa shape index (κ1) is 24.6. The van der Waals surface area contributed by atoms with Gasteiger partial charge in [-0.25, -0.2) is 4.98 Å². The molecule has 0 unspecified atom stereocenters. The van der Waals surface area contributed by atoms with Crippen LogP contribution in [0.2, 0.25) is 0 Å². The second-order valence-electron chi connectivity index (χ2n) is 7.89. The minimum Gasteiger partial charge on any atom is -0.342 e. The van der Waals surface area contributed by atoms with E-state index in [1.54, 1.807) is 12.1 Å². The Bertz CT molecular complexity index is 1300. The van der Waals surface area contributed by atoms with Crippen molar-refractivity contribution in [3.05, 3.63) is 76.9 Å². The zero-order valence-corrected chi connectivity index (χ0v) is 21.3. The van der Waals surface area contributed by atoms with E-state index in [0.29, 0.717) is 28.2 Å². The molecular formula is C25H26N6O2S2. The van der Waals surface area contributed by atoms with E-state index >= 15 is 0 Å². The van der Waals surface area contributed by atoms with E-state index in [1.807, 2.05) is 73.2 Å². The maximum Gasteiger partial charge on any atom is 0.251 e. The lowest BCUT2D eigenvalue weighted by Gasteiger charge is -2.15. The number of carbonyl (C=O) groups excluding carboxylic acids is 2. The van der Waals surface area contributed by atoms with Gasteiger partial charge in [-0.3, -0.25) is 9.59 Å².